The van der Waals surface area contributed by atoms with Gasteiger partial charge in [0.25, 0.3) is 0 Å². The van der Waals surface area contributed by atoms with E-state index in [2.05, 4.69) is 0 Å². The van der Waals surface area contributed by atoms with Crippen molar-refractivity contribution in [3.63, 3.8) is 0 Å². The lowest BCUT2D eigenvalue weighted by atomic mass is 9.77. The van der Waals surface area contributed by atoms with Gasteiger partial charge in [-0.15, -0.1) is 0 Å². The molecule has 0 heterocycles. The summed E-state index contributed by atoms with van der Waals surface area (Å²) in [6, 6.07) is 26.6. The summed E-state index contributed by atoms with van der Waals surface area (Å²) in [5.74, 6) is -0.104. The summed E-state index contributed by atoms with van der Waals surface area (Å²) in [4.78, 5) is 13.2. The topological polar surface area (TPSA) is 43.1 Å². The van der Waals surface area contributed by atoms with Crippen LogP contribution in [0, 0.1) is 6.92 Å². The zero-order chi connectivity index (χ0) is 16.3. The molecule has 3 aromatic rings. The van der Waals surface area contributed by atoms with Crippen LogP contribution in [0.4, 0.5) is 0 Å². The van der Waals surface area contributed by atoms with Crippen LogP contribution in [0.1, 0.15) is 27.0 Å². The first kappa shape index (κ1) is 15.2. The number of aryl methyl sites for hydroxylation is 1. The van der Waals surface area contributed by atoms with Crippen molar-refractivity contribution in [2.75, 3.05) is 0 Å². The lowest BCUT2D eigenvalue weighted by molar-refractivity contribution is 0.0915. The lowest BCUT2D eigenvalue weighted by Crippen LogP contribution is -2.46. The molecular weight excluding hydrogens is 282 g/mol. The number of hydrogen-bond acceptors (Lipinski definition) is 2. The standard InChI is InChI=1S/C21H19NO/c1-16-12-14-19(15-13-16)21(22,18-10-6-3-7-11-18)20(23)17-8-4-2-5-9-17/h2-15H,22H2,1H3/t21-/m1/s1. The predicted octanol–water partition coefficient (Wildman–Crippen LogP) is 4.08. The lowest BCUT2D eigenvalue weighted by Gasteiger charge is -2.29. The van der Waals surface area contributed by atoms with Gasteiger partial charge in [0.1, 0.15) is 5.54 Å². The van der Waals surface area contributed by atoms with Crippen molar-refractivity contribution in [2.24, 2.45) is 5.73 Å². The van der Waals surface area contributed by atoms with Gasteiger partial charge in [0.2, 0.25) is 0 Å². The quantitative estimate of drug-likeness (QED) is 0.738. The molecule has 0 aromatic heterocycles. The minimum Gasteiger partial charge on any atom is -0.311 e. The van der Waals surface area contributed by atoms with Crippen molar-refractivity contribution in [2.45, 2.75) is 12.5 Å². The average Bonchev–Trinajstić information content (AvgIpc) is 2.62. The SMILES string of the molecule is Cc1ccc([C@@](N)(C(=O)c2ccccc2)c2ccccc2)cc1. The Kier molecular flexibility index (Phi) is 4.09. The highest BCUT2D eigenvalue weighted by molar-refractivity contribution is 6.06. The molecule has 0 aliphatic rings. The Morgan fingerprint density at radius 1 is 0.739 bits per heavy atom. The van der Waals surface area contributed by atoms with Gasteiger partial charge in [-0.25, -0.2) is 0 Å². The van der Waals surface area contributed by atoms with Crippen LogP contribution in [0.25, 0.3) is 0 Å². The molecule has 0 aliphatic heterocycles. The number of Topliss-reactive ketones (excluding diaryl/α,β-unsaturated/α-hetero) is 1. The van der Waals surface area contributed by atoms with Gasteiger partial charge in [-0.3, -0.25) is 4.79 Å². The molecule has 23 heavy (non-hydrogen) atoms. The highest BCUT2D eigenvalue weighted by Gasteiger charge is 2.38. The summed E-state index contributed by atoms with van der Waals surface area (Å²) < 4.78 is 0. The zero-order valence-corrected chi connectivity index (χ0v) is 13.1. The number of benzene rings is 3. The summed E-state index contributed by atoms with van der Waals surface area (Å²) in [7, 11) is 0. The molecule has 0 bridgehead atoms. The number of carbonyl (C=O) groups is 1. The van der Waals surface area contributed by atoms with Crippen LogP contribution in [-0.2, 0) is 5.54 Å². The molecule has 3 rings (SSSR count). The van der Waals surface area contributed by atoms with Gasteiger partial charge in [-0.05, 0) is 18.1 Å². The average molecular weight is 301 g/mol. The summed E-state index contributed by atoms with van der Waals surface area (Å²) in [6.45, 7) is 2.02. The summed E-state index contributed by atoms with van der Waals surface area (Å²) in [5.41, 5.74) is 8.85. The number of nitrogens with two attached hydrogens (primary N) is 1. The number of rotatable bonds is 4. The van der Waals surface area contributed by atoms with E-state index in [1.165, 1.54) is 0 Å². The van der Waals surface area contributed by atoms with Crippen molar-refractivity contribution in [1.82, 2.24) is 0 Å². The largest absolute Gasteiger partial charge is 0.311 e. The number of hydrogen-bond donors (Lipinski definition) is 1. The maximum atomic E-state index is 13.2. The van der Waals surface area contributed by atoms with Crippen LogP contribution >= 0.6 is 0 Å². The van der Waals surface area contributed by atoms with Crippen LogP contribution < -0.4 is 5.73 Å². The van der Waals surface area contributed by atoms with E-state index >= 15 is 0 Å². The molecule has 0 saturated heterocycles. The molecule has 0 unspecified atom stereocenters. The van der Waals surface area contributed by atoms with Gasteiger partial charge >= 0.3 is 0 Å². The molecule has 2 nitrogen and oxygen atoms in total. The van der Waals surface area contributed by atoms with E-state index in [0.717, 1.165) is 16.7 Å². The van der Waals surface area contributed by atoms with Crippen molar-refractivity contribution in [3.8, 4) is 0 Å². The van der Waals surface area contributed by atoms with Crippen molar-refractivity contribution in [3.05, 3.63) is 107 Å². The molecule has 3 aromatic carbocycles. The monoisotopic (exact) mass is 301 g/mol. The predicted molar refractivity (Wildman–Crippen MR) is 93.4 cm³/mol. The van der Waals surface area contributed by atoms with E-state index in [9.17, 15) is 4.79 Å². The summed E-state index contributed by atoms with van der Waals surface area (Å²) in [5, 5.41) is 0. The van der Waals surface area contributed by atoms with Gasteiger partial charge in [0.15, 0.2) is 5.78 Å². The fraction of sp³-hybridized carbons (Fsp3) is 0.0952. The fourth-order valence-corrected chi connectivity index (χ4v) is 2.76. The van der Waals surface area contributed by atoms with Gasteiger partial charge < -0.3 is 5.73 Å². The molecular formula is C21H19NO. The van der Waals surface area contributed by atoms with Crippen LogP contribution in [0.2, 0.25) is 0 Å². The highest BCUT2D eigenvalue weighted by Crippen LogP contribution is 2.31. The maximum Gasteiger partial charge on any atom is 0.191 e. The summed E-state index contributed by atoms with van der Waals surface area (Å²) >= 11 is 0. The van der Waals surface area contributed by atoms with E-state index in [0.29, 0.717) is 5.56 Å². The third-order valence-corrected chi connectivity index (χ3v) is 4.13. The minimum atomic E-state index is -1.20. The van der Waals surface area contributed by atoms with Crippen LogP contribution in [0.3, 0.4) is 0 Å². The van der Waals surface area contributed by atoms with Gasteiger partial charge in [0.05, 0.1) is 0 Å². The molecule has 1 atom stereocenters. The fourth-order valence-electron chi connectivity index (χ4n) is 2.76. The van der Waals surface area contributed by atoms with Crippen molar-refractivity contribution >= 4 is 5.78 Å². The Bertz CT molecular complexity index is 794. The Morgan fingerprint density at radius 3 is 1.78 bits per heavy atom. The van der Waals surface area contributed by atoms with Crippen LogP contribution in [-0.4, -0.2) is 5.78 Å². The molecule has 0 spiro atoms. The van der Waals surface area contributed by atoms with Crippen LogP contribution in [0.15, 0.2) is 84.9 Å². The second-order valence-corrected chi connectivity index (χ2v) is 5.74. The molecule has 0 radical (unpaired) electrons. The van der Waals surface area contributed by atoms with E-state index in [1.807, 2.05) is 79.7 Å². The Labute approximate surface area is 136 Å². The van der Waals surface area contributed by atoms with Gasteiger partial charge in [-0.2, -0.15) is 0 Å². The second kappa shape index (κ2) is 6.19. The molecule has 2 heteroatoms. The molecule has 0 saturated carbocycles. The van der Waals surface area contributed by atoms with Gasteiger partial charge in [-0.1, -0.05) is 90.5 Å². The Morgan fingerprint density at radius 2 is 1.22 bits per heavy atom. The smallest absolute Gasteiger partial charge is 0.191 e. The Balaban J connectivity index is 2.18. The van der Waals surface area contributed by atoms with Crippen LogP contribution in [0.5, 0.6) is 0 Å². The highest BCUT2D eigenvalue weighted by atomic mass is 16.1. The third-order valence-electron chi connectivity index (χ3n) is 4.13. The zero-order valence-electron chi connectivity index (χ0n) is 13.1. The molecule has 0 amide bonds. The van der Waals surface area contributed by atoms with Crippen molar-refractivity contribution in [1.29, 1.82) is 0 Å². The Hall–Kier alpha value is -2.71. The maximum absolute atomic E-state index is 13.2. The van der Waals surface area contributed by atoms with E-state index in [4.69, 9.17) is 5.73 Å². The molecule has 0 aliphatic carbocycles. The molecule has 2 N–H and O–H groups in total. The summed E-state index contributed by atoms with van der Waals surface area (Å²) in [6.07, 6.45) is 0. The number of carbonyl (C=O) groups excluding carboxylic acids is 1. The third kappa shape index (κ3) is 2.81. The number of ketones is 1. The first-order valence-electron chi connectivity index (χ1n) is 7.64. The van der Waals surface area contributed by atoms with Gasteiger partial charge in [0, 0.05) is 5.56 Å². The minimum absolute atomic E-state index is 0.104. The normalized spacial score (nSPS) is 13.3. The second-order valence-electron chi connectivity index (χ2n) is 5.74. The van der Waals surface area contributed by atoms with E-state index in [1.54, 1.807) is 12.1 Å². The molecule has 0 fully saturated rings. The molecule has 114 valence electrons. The first-order chi connectivity index (χ1) is 11.1. The van der Waals surface area contributed by atoms with Crippen molar-refractivity contribution < 1.29 is 4.79 Å². The van der Waals surface area contributed by atoms with E-state index < -0.39 is 5.54 Å². The van der Waals surface area contributed by atoms with E-state index in [-0.39, 0.29) is 5.78 Å². The first-order valence-corrected chi connectivity index (χ1v) is 7.64.